The molecule has 2 fully saturated rings. The largest absolute Gasteiger partial charge is 0.353 e. The van der Waals surface area contributed by atoms with Gasteiger partial charge < -0.3 is 16.0 Å². The summed E-state index contributed by atoms with van der Waals surface area (Å²) < 4.78 is 0. The molecule has 2 atom stereocenters. The number of nitrogens with one attached hydrogen (secondary N) is 1. The van der Waals surface area contributed by atoms with Crippen molar-refractivity contribution in [2.24, 2.45) is 11.7 Å². The molecule has 2 aliphatic rings. The number of hydrogen-bond acceptors (Lipinski definition) is 3. The van der Waals surface area contributed by atoms with Gasteiger partial charge in [-0.2, -0.15) is 0 Å². The Morgan fingerprint density at radius 3 is 2.40 bits per heavy atom. The number of likely N-dealkylation sites (tertiary alicyclic amines) is 1. The molecule has 1 aliphatic heterocycles. The zero-order chi connectivity index (χ0) is 20.9. The topological polar surface area (TPSA) is 75.4 Å². The van der Waals surface area contributed by atoms with Crippen molar-refractivity contribution >= 4 is 22.6 Å². The first-order chi connectivity index (χ1) is 14.6. The van der Waals surface area contributed by atoms with Gasteiger partial charge in [0.1, 0.15) is 0 Å². The fourth-order valence-corrected chi connectivity index (χ4v) is 4.81. The van der Waals surface area contributed by atoms with Crippen LogP contribution in [0.25, 0.3) is 10.8 Å². The molecule has 30 heavy (non-hydrogen) atoms. The Kier molecular flexibility index (Phi) is 6.68. The Bertz CT molecular complexity index is 889. The van der Waals surface area contributed by atoms with Crippen LogP contribution in [0.3, 0.4) is 0 Å². The molecule has 1 saturated heterocycles. The van der Waals surface area contributed by atoms with Crippen LogP contribution < -0.4 is 11.1 Å². The van der Waals surface area contributed by atoms with Gasteiger partial charge in [-0.1, -0.05) is 43.2 Å². The Morgan fingerprint density at radius 1 is 0.867 bits per heavy atom. The predicted octanol–water partition coefficient (Wildman–Crippen LogP) is 3.86. The second-order valence-corrected chi connectivity index (χ2v) is 8.96. The number of carbonyl (C=O) groups excluding carboxylic acids is 2. The summed E-state index contributed by atoms with van der Waals surface area (Å²) in [6, 6.07) is 14.5. The van der Waals surface area contributed by atoms with Crippen LogP contribution in [0.15, 0.2) is 42.5 Å². The van der Waals surface area contributed by atoms with Gasteiger partial charge in [0.15, 0.2) is 0 Å². The summed E-state index contributed by atoms with van der Waals surface area (Å²) in [5, 5.41) is 5.49. The lowest BCUT2D eigenvalue weighted by atomic mass is 9.91. The molecule has 160 valence electrons. The highest BCUT2D eigenvalue weighted by Gasteiger charge is 2.29. The molecule has 1 aliphatic carbocycles. The van der Waals surface area contributed by atoms with Crippen molar-refractivity contribution in [3.63, 3.8) is 0 Å². The minimum atomic E-state index is 0.00441. The van der Waals surface area contributed by atoms with Crippen LogP contribution in [0.4, 0.5) is 0 Å². The summed E-state index contributed by atoms with van der Waals surface area (Å²) in [6.07, 6.45) is 7.88. The lowest BCUT2D eigenvalue weighted by Gasteiger charge is -2.33. The molecule has 4 rings (SSSR count). The molecule has 2 aromatic rings. The standard InChI is InChI=1S/C25H33N3O2/c26-22-7-3-4-8-23(12-11-22)27-24(29)19-13-15-28(16-14-19)25(30)21-10-9-18-5-1-2-6-20(18)17-21/h1-2,5-6,9-10,17,19,22-23H,3-4,7-8,11-16,26H2,(H,27,29). The minimum absolute atomic E-state index is 0.00441. The number of hydrogen-bond donors (Lipinski definition) is 2. The average Bonchev–Trinajstić information content (AvgIpc) is 2.77. The second-order valence-electron chi connectivity index (χ2n) is 8.96. The zero-order valence-electron chi connectivity index (χ0n) is 17.7. The minimum Gasteiger partial charge on any atom is -0.353 e. The van der Waals surface area contributed by atoms with Crippen molar-refractivity contribution in [2.45, 2.75) is 63.5 Å². The maximum Gasteiger partial charge on any atom is 0.253 e. The molecule has 2 amide bonds. The van der Waals surface area contributed by atoms with E-state index in [-0.39, 0.29) is 29.8 Å². The maximum atomic E-state index is 13.0. The van der Waals surface area contributed by atoms with Gasteiger partial charge in [0.25, 0.3) is 5.91 Å². The quantitative estimate of drug-likeness (QED) is 0.811. The molecule has 5 nitrogen and oxygen atoms in total. The third-order valence-corrected chi connectivity index (χ3v) is 6.76. The summed E-state index contributed by atoms with van der Waals surface area (Å²) in [7, 11) is 0. The number of piperidine rings is 1. The lowest BCUT2D eigenvalue weighted by molar-refractivity contribution is -0.127. The van der Waals surface area contributed by atoms with Crippen LogP contribution in [0.5, 0.6) is 0 Å². The first kappa shape index (κ1) is 20.9. The molecule has 1 saturated carbocycles. The number of rotatable bonds is 3. The van der Waals surface area contributed by atoms with Crippen molar-refractivity contribution in [1.82, 2.24) is 10.2 Å². The summed E-state index contributed by atoms with van der Waals surface area (Å²) >= 11 is 0. The molecule has 0 aromatic heterocycles. The maximum absolute atomic E-state index is 13.0. The van der Waals surface area contributed by atoms with Gasteiger partial charge >= 0.3 is 0 Å². The fraction of sp³-hybridized carbons (Fsp3) is 0.520. The summed E-state index contributed by atoms with van der Waals surface area (Å²) in [4.78, 5) is 27.6. The summed E-state index contributed by atoms with van der Waals surface area (Å²) in [6.45, 7) is 1.28. The summed E-state index contributed by atoms with van der Waals surface area (Å²) in [5.74, 6) is 0.227. The Labute approximate surface area is 179 Å². The van der Waals surface area contributed by atoms with Crippen LogP contribution >= 0.6 is 0 Å². The van der Waals surface area contributed by atoms with E-state index in [1.807, 2.05) is 41.3 Å². The van der Waals surface area contributed by atoms with E-state index in [1.54, 1.807) is 0 Å². The second kappa shape index (κ2) is 9.61. The van der Waals surface area contributed by atoms with Crippen molar-refractivity contribution < 1.29 is 9.59 Å². The SMILES string of the molecule is NC1CCCCC(NC(=O)C2CCN(C(=O)c3ccc4ccccc4c3)CC2)CC1. The van der Waals surface area contributed by atoms with Gasteiger partial charge in [-0.3, -0.25) is 9.59 Å². The Morgan fingerprint density at radius 2 is 1.60 bits per heavy atom. The van der Waals surface area contributed by atoms with Crippen LogP contribution in [-0.2, 0) is 4.79 Å². The van der Waals surface area contributed by atoms with Gasteiger partial charge in [-0.25, -0.2) is 0 Å². The van der Waals surface area contributed by atoms with Crippen LogP contribution in [0.1, 0.15) is 61.7 Å². The fourth-order valence-electron chi connectivity index (χ4n) is 4.81. The molecule has 2 aromatic carbocycles. The third kappa shape index (κ3) is 5.01. The van der Waals surface area contributed by atoms with E-state index < -0.39 is 0 Å². The van der Waals surface area contributed by atoms with E-state index in [0.29, 0.717) is 13.1 Å². The van der Waals surface area contributed by atoms with E-state index in [9.17, 15) is 9.59 Å². The normalized spacial score (nSPS) is 23.6. The molecular formula is C25H33N3O2. The van der Waals surface area contributed by atoms with E-state index in [4.69, 9.17) is 5.73 Å². The van der Waals surface area contributed by atoms with Crippen molar-refractivity contribution in [3.05, 3.63) is 48.0 Å². The highest BCUT2D eigenvalue weighted by molar-refractivity contribution is 5.98. The van der Waals surface area contributed by atoms with E-state index in [0.717, 1.165) is 67.7 Å². The van der Waals surface area contributed by atoms with Gasteiger partial charge in [0.05, 0.1) is 0 Å². The number of carbonyl (C=O) groups is 2. The first-order valence-corrected chi connectivity index (χ1v) is 11.4. The van der Waals surface area contributed by atoms with Crippen molar-refractivity contribution in [3.8, 4) is 0 Å². The van der Waals surface area contributed by atoms with Crippen molar-refractivity contribution in [2.75, 3.05) is 13.1 Å². The highest BCUT2D eigenvalue weighted by atomic mass is 16.2. The number of benzene rings is 2. The third-order valence-electron chi connectivity index (χ3n) is 6.76. The number of nitrogens with zero attached hydrogens (tertiary/aromatic N) is 1. The van der Waals surface area contributed by atoms with Gasteiger partial charge in [0, 0.05) is 36.7 Å². The van der Waals surface area contributed by atoms with E-state index in [1.165, 1.54) is 0 Å². The zero-order valence-corrected chi connectivity index (χ0v) is 17.7. The average molecular weight is 408 g/mol. The predicted molar refractivity (Wildman–Crippen MR) is 120 cm³/mol. The molecule has 3 N–H and O–H groups in total. The van der Waals surface area contributed by atoms with Crippen molar-refractivity contribution in [1.29, 1.82) is 0 Å². The number of nitrogens with two attached hydrogens (primary N) is 1. The van der Waals surface area contributed by atoms with E-state index >= 15 is 0 Å². The Balaban J connectivity index is 1.30. The molecule has 5 heteroatoms. The molecule has 2 unspecified atom stereocenters. The molecule has 0 bridgehead atoms. The van der Waals surface area contributed by atoms with Crippen LogP contribution in [0.2, 0.25) is 0 Å². The summed E-state index contributed by atoms with van der Waals surface area (Å²) in [5.41, 5.74) is 6.84. The molecule has 0 spiro atoms. The lowest BCUT2D eigenvalue weighted by Crippen LogP contribution is -2.45. The number of fused-ring (bicyclic) bond motifs is 1. The van der Waals surface area contributed by atoms with Gasteiger partial charge in [0.2, 0.25) is 5.91 Å². The van der Waals surface area contributed by atoms with Crippen LogP contribution in [0, 0.1) is 5.92 Å². The van der Waals surface area contributed by atoms with Crippen LogP contribution in [-0.4, -0.2) is 41.9 Å². The smallest absolute Gasteiger partial charge is 0.253 e. The number of amides is 2. The Hall–Kier alpha value is -2.40. The molecule has 1 heterocycles. The first-order valence-electron chi connectivity index (χ1n) is 11.4. The van der Waals surface area contributed by atoms with Gasteiger partial charge in [-0.15, -0.1) is 0 Å². The monoisotopic (exact) mass is 407 g/mol. The molecule has 0 radical (unpaired) electrons. The van der Waals surface area contributed by atoms with Gasteiger partial charge in [-0.05, 0) is 61.4 Å². The van der Waals surface area contributed by atoms with E-state index in [2.05, 4.69) is 11.4 Å². The molecular weight excluding hydrogens is 374 g/mol. The highest BCUT2D eigenvalue weighted by Crippen LogP contribution is 2.23.